The van der Waals surface area contributed by atoms with Gasteiger partial charge >= 0.3 is 0 Å². The molecule has 4 N–H and O–H groups in total. The van der Waals surface area contributed by atoms with Gasteiger partial charge < -0.3 is 21.3 Å². The molecule has 2 aromatic carbocycles. The molecule has 2 aliphatic rings. The zero-order valence-corrected chi connectivity index (χ0v) is 18.6. The van der Waals surface area contributed by atoms with Gasteiger partial charge in [0, 0.05) is 36.9 Å². The molecular formula is C21H29Cl3N4O. The first kappa shape index (κ1) is 25.4. The lowest BCUT2D eigenvalue weighted by Crippen LogP contribution is -2.27. The summed E-state index contributed by atoms with van der Waals surface area (Å²) in [6.07, 6.45) is 4.00. The highest BCUT2D eigenvalue weighted by atomic mass is 35.5. The Morgan fingerprint density at radius 1 is 1.00 bits per heavy atom. The number of hydrogen-bond acceptors (Lipinski definition) is 4. The monoisotopic (exact) mass is 458 g/mol. The molecule has 0 aromatic heterocycles. The van der Waals surface area contributed by atoms with Crippen LogP contribution >= 0.6 is 37.2 Å². The second-order valence-electron chi connectivity index (χ2n) is 7.45. The number of nitrogens with one attached hydrogen (secondary N) is 2. The van der Waals surface area contributed by atoms with Crippen molar-refractivity contribution in [3.63, 3.8) is 0 Å². The quantitative estimate of drug-likeness (QED) is 0.548. The molecule has 4 rings (SSSR count). The van der Waals surface area contributed by atoms with Gasteiger partial charge in [-0.1, -0.05) is 12.1 Å². The predicted molar refractivity (Wildman–Crippen MR) is 128 cm³/mol. The standard InChI is InChI=1S/C21H26N4O.3ClH/c22-19-3-1-2-4-20(19)24-21(26)16-7-9-17(10-8-16)23-18-11-12-25(14-18)13-15-5-6-15;;;/h1-4,7-10,15,18,23H,5-6,11-14,22H2,(H,24,26);3*1H/t18-;;;/m0.../s1. The summed E-state index contributed by atoms with van der Waals surface area (Å²) in [4.78, 5) is 15.0. The number of carbonyl (C=O) groups excluding carboxylic acids is 1. The fourth-order valence-electron chi connectivity index (χ4n) is 3.54. The highest BCUT2D eigenvalue weighted by molar-refractivity contribution is 6.05. The molecule has 0 bridgehead atoms. The maximum atomic E-state index is 12.4. The van der Waals surface area contributed by atoms with Gasteiger partial charge in [0.05, 0.1) is 11.4 Å². The summed E-state index contributed by atoms with van der Waals surface area (Å²) < 4.78 is 0. The number of nitrogens with zero attached hydrogens (tertiary/aromatic N) is 1. The number of anilines is 3. The molecule has 0 radical (unpaired) electrons. The van der Waals surface area contributed by atoms with Crippen molar-refractivity contribution in [2.45, 2.75) is 25.3 Å². The summed E-state index contributed by atoms with van der Waals surface area (Å²) in [5, 5.41) is 6.45. The zero-order chi connectivity index (χ0) is 17.9. The Bertz CT molecular complexity index is 784. The van der Waals surface area contributed by atoms with Crippen LogP contribution in [0.4, 0.5) is 17.1 Å². The van der Waals surface area contributed by atoms with E-state index >= 15 is 0 Å². The molecule has 29 heavy (non-hydrogen) atoms. The third-order valence-corrected chi connectivity index (χ3v) is 5.21. The fraction of sp³-hybridized carbons (Fsp3) is 0.381. The van der Waals surface area contributed by atoms with Gasteiger partial charge in [0.2, 0.25) is 0 Å². The van der Waals surface area contributed by atoms with Gasteiger partial charge in [0.25, 0.3) is 5.91 Å². The molecule has 1 aliphatic carbocycles. The van der Waals surface area contributed by atoms with Crippen LogP contribution in [0.3, 0.4) is 0 Å². The Balaban J connectivity index is 0.00000140. The van der Waals surface area contributed by atoms with Crippen molar-refractivity contribution in [3.05, 3.63) is 54.1 Å². The fourth-order valence-corrected chi connectivity index (χ4v) is 3.54. The molecule has 160 valence electrons. The number of hydrogen-bond donors (Lipinski definition) is 3. The van der Waals surface area contributed by atoms with E-state index in [0.29, 0.717) is 23.0 Å². The highest BCUT2D eigenvalue weighted by Gasteiger charge is 2.29. The second kappa shape index (κ2) is 11.5. The maximum Gasteiger partial charge on any atom is 0.255 e. The Morgan fingerprint density at radius 2 is 1.69 bits per heavy atom. The van der Waals surface area contributed by atoms with Gasteiger partial charge in [-0.2, -0.15) is 0 Å². The van der Waals surface area contributed by atoms with Crippen LogP contribution in [0.5, 0.6) is 0 Å². The number of amides is 1. The van der Waals surface area contributed by atoms with E-state index < -0.39 is 0 Å². The molecule has 2 aromatic rings. The number of nitrogens with two attached hydrogens (primary N) is 1. The van der Waals surface area contributed by atoms with E-state index in [1.807, 2.05) is 36.4 Å². The minimum atomic E-state index is -0.147. The van der Waals surface area contributed by atoms with Gasteiger partial charge in [-0.05, 0) is 61.6 Å². The van der Waals surface area contributed by atoms with Crippen molar-refractivity contribution in [2.24, 2.45) is 5.92 Å². The number of halogens is 3. The Labute approximate surface area is 191 Å². The van der Waals surface area contributed by atoms with Crippen LogP contribution in [0.15, 0.2) is 48.5 Å². The van der Waals surface area contributed by atoms with Crippen LogP contribution in [0, 0.1) is 5.92 Å². The van der Waals surface area contributed by atoms with E-state index in [2.05, 4.69) is 15.5 Å². The maximum absolute atomic E-state index is 12.4. The van der Waals surface area contributed by atoms with Gasteiger partial charge in [-0.25, -0.2) is 0 Å². The van der Waals surface area contributed by atoms with Crippen LogP contribution in [0.25, 0.3) is 0 Å². The molecule has 1 atom stereocenters. The lowest BCUT2D eigenvalue weighted by molar-refractivity contribution is 0.102. The average molecular weight is 460 g/mol. The van der Waals surface area contributed by atoms with E-state index in [1.165, 1.54) is 32.4 Å². The van der Waals surface area contributed by atoms with E-state index in [4.69, 9.17) is 5.73 Å². The van der Waals surface area contributed by atoms with Crippen molar-refractivity contribution in [1.29, 1.82) is 0 Å². The molecule has 1 aliphatic heterocycles. The summed E-state index contributed by atoms with van der Waals surface area (Å²) in [5.74, 6) is 0.802. The number of benzene rings is 2. The van der Waals surface area contributed by atoms with Crippen molar-refractivity contribution >= 4 is 60.2 Å². The average Bonchev–Trinajstić information content (AvgIpc) is 3.35. The van der Waals surface area contributed by atoms with E-state index in [-0.39, 0.29) is 43.1 Å². The predicted octanol–water partition coefficient (Wildman–Crippen LogP) is 4.68. The van der Waals surface area contributed by atoms with Gasteiger partial charge in [0.1, 0.15) is 0 Å². The summed E-state index contributed by atoms with van der Waals surface area (Å²) >= 11 is 0. The number of para-hydroxylation sites is 2. The Kier molecular flexibility index (Phi) is 10.1. The first-order chi connectivity index (χ1) is 12.7. The van der Waals surface area contributed by atoms with Crippen LogP contribution < -0.4 is 16.4 Å². The lowest BCUT2D eigenvalue weighted by atomic mass is 10.1. The summed E-state index contributed by atoms with van der Waals surface area (Å²) in [6, 6.07) is 15.4. The van der Waals surface area contributed by atoms with E-state index in [9.17, 15) is 4.79 Å². The van der Waals surface area contributed by atoms with Crippen molar-refractivity contribution < 1.29 is 4.79 Å². The third-order valence-electron chi connectivity index (χ3n) is 5.21. The molecule has 1 heterocycles. The highest BCUT2D eigenvalue weighted by Crippen LogP contribution is 2.31. The van der Waals surface area contributed by atoms with Crippen LogP contribution in [0.2, 0.25) is 0 Å². The molecule has 5 nitrogen and oxygen atoms in total. The molecule has 1 saturated carbocycles. The molecule has 1 saturated heterocycles. The normalized spacial score (nSPS) is 18.0. The van der Waals surface area contributed by atoms with Crippen molar-refractivity contribution in [1.82, 2.24) is 4.90 Å². The number of likely N-dealkylation sites (tertiary alicyclic amines) is 1. The lowest BCUT2D eigenvalue weighted by Gasteiger charge is -2.17. The molecular weight excluding hydrogens is 431 g/mol. The minimum Gasteiger partial charge on any atom is -0.397 e. The first-order valence-corrected chi connectivity index (χ1v) is 9.42. The molecule has 1 amide bonds. The van der Waals surface area contributed by atoms with Crippen LogP contribution in [-0.2, 0) is 0 Å². The summed E-state index contributed by atoms with van der Waals surface area (Å²) in [5.41, 5.74) is 8.78. The van der Waals surface area contributed by atoms with Crippen LogP contribution in [0.1, 0.15) is 29.6 Å². The van der Waals surface area contributed by atoms with Gasteiger partial charge in [-0.15, -0.1) is 37.2 Å². The van der Waals surface area contributed by atoms with Crippen molar-refractivity contribution in [3.8, 4) is 0 Å². The van der Waals surface area contributed by atoms with Gasteiger partial charge in [0.15, 0.2) is 0 Å². The minimum absolute atomic E-state index is 0. The third kappa shape index (κ3) is 6.96. The van der Waals surface area contributed by atoms with E-state index in [0.717, 1.165) is 18.2 Å². The SMILES string of the molecule is Cl.Cl.Cl.Nc1ccccc1NC(=O)c1ccc(N[C@H]2CCN(CC3CC3)C2)cc1. The van der Waals surface area contributed by atoms with E-state index in [1.54, 1.807) is 12.1 Å². The van der Waals surface area contributed by atoms with Crippen LogP contribution in [-0.4, -0.2) is 36.5 Å². The largest absolute Gasteiger partial charge is 0.397 e. The summed E-state index contributed by atoms with van der Waals surface area (Å²) in [7, 11) is 0. The molecule has 0 unspecified atom stereocenters. The molecule has 8 heteroatoms. The smallest absolute Gasteiger partial charge is 0.255 e. The number of nitrogen functional groups attached to an aromatic ring is 1. The number of rotatable bonds is 6. The van der Waals surface area contributed by atoms with Gasteiger partial charge in [-0.3, -0.25) is 4.79 Å². The summed E-state index contributed by atoms with van der Waals surface area (Å²) in [6.45, 7) is 3.57. The Morgan fingerprint density at radius 3 is 2.34 bits per heavy atom. The number of carbonyl (C=O) groups is 1. The molecule has 2 fully saturated rings. The zero-order valence-electron chi connectivity index (χ0n) is 16.2. The second-order valence-corrected chi connectivity index (χ2v) is 7.45. The molecule has 0 spiro atoms. The Hall–Kier alpha value is -1.66. The van der Waals surface area contributed by atoms with Crippen molar-refractivity contribution in [2.75, 3.05) is 36.0 Å². The first-order valence-electron chi connectivity index (χ1n) is 9.42. The topological polar surface area (TPSA) is 70.4 Å².